The number of hydrogen-bond acceptors (Lipinski definition) is 4. The van der Waals surface area contributed by atoms with Gasteiger partial charge in [-0.1, -0.05) is 0 Å². The second-order valence-corrected chi connectivity index (χ2v) is 6.26. The highest BCUT2D eigenvalue weighted by atomic mass is 35.5. The van der Waals surface area contributed by atoms with Gasteiger partial charge in [-0.2, -0.15) is 0 Å². The van der Waals surface area contributed by atoms with Gasteiger partial charge in [-0.15, -0.1) is 11.6 Å². The topological polar surface area (TPSA) is 65.0 Å². The molecule has 0 aliphatic carbocycles. The van der Waals surface area contributed by atoms with Crippen molar-refractivity contribution in [3.63, 3.8) is 0 Å². The Morgan fingerprint density at radius 1 is 1.36 bits per heavy atom. The summed E-state index contributed by atoms with van der Waals surface area (Å²) in [4.78, 5) is 10.4. The molecule has 0 radical (unpaired) electrons. The van der Waals surface area contributed by atoms with Crippen molar-refractivity contribution >= 4 is 26.4 Å². The quantitative estimate of drug-likeness (QED) is 0.532. The average Bonchev–Trinajstić information content (AvgIpc) is 2.20. The van der Waals surface area contributed by atoms with Crippen molar-refractivity contribution < 1.29 is 23.2 Å². The minimum atomic E-state index is -2.67. The molecule has 0 rings (SSSR count). The van der Waals surface area contributed by atoms with Crippen LogP contribution in [0, 0.1) is 0 Å². The molecule has 1 N–H and O–H groups in total. The predicted octanol–water partition coefficient (Wildman–Crippen LogP) is 0.947. The van der Waals surface area contributed by atoms with Gasteiger partial charge in [0.2, 0.25) is 0 Å². The van der Waals surface area contributed by atoms with E-state index in [1.54, 1.807) is 0 Å². The molecule has 0 aromatic rings. The zero-order valence-corrected chi connectivity index (χ0v) is 10.2. The zero-order valence-electron chi connectivity index (χ0n) is 8.45. The van der Waals surface area contributed by atoms with Gasteiger partial charge in [0.15, 0.2) is 0 Å². The summed E-state index contributed by atoms with van der Waals surface area (Å²) < 4.78 is 15.3. The molecule has 0 saturated carbocycles. The van der Waals surface area contributed by atoms with E-state index >= 15 is 0 Å². The Kier molecular flexibility index (Phi) is 6.30. The van der Waals surface area contributed by atoms with E-state index < -0.39 is 20.2 Å². The van der Waals surface area contributed by atoms with Crippen LogP contribution in [0.25, 0.3) is 0 Å². The number of rotatable bonds is 7. The summed E-state index contributed by atoms with van der Waals surface area (Å²) in [5.74, 6) is -1.04. The minimum absolute atomic E-state index is 0.263. The van der Waals surface area contributed by atoms with E-state index in [9.17, 15) is 4.79 Å². The van der Waals surface area contributed by atoms with E-state index in [-0.39, 0.29) is 6.42 Å². The summed E-state index contributed by atoms with van der Waals surface area (Å²) in [6, 6.07) is 0.386. The fraction of sp³-hybridized carbons (Fsp3) is 0.857. The highest BCUT2D eigenvalue weighted by Gasteiger charge is 2.38. The highest BCUT2D eigenvalue weighted by molar-refractivity contribution is 6.60. The summed E-state index contributed by atoms with van der Waals surface area (Å²) >= 11 is 5.55. The van der Waals surface area contributed by atoms with Gasteiger partial charge in [0, 0.05) is 27.4 Å². The van der Waals surface area contributed by atoms with E-state index in [4.69, 9.17) is 30.0 Å². The lowest BCUT2D eigenvalue weighted by molar-refractivity contribution is -0.136. The minimum Gasteiger partial charge on any atom is -0.480 e. The smallest absolute Gasteiger partial charge is 0.480 e. The number of hydrogen-bond donors (Lipinski definition) is 1. The van der Waals surface area contributed by atoms with E-state index in [0.717, 1.165) is 0 Å². The molecule has 0 aromatic heterocycles. The molecule has 0 aromatic carbocycles. The van der Waals surface area contributed by atoms with E-state index in [1.807, 2.05) is 0 Å². The first-order chi connectivity index (χ1) is 6.51. The third kappa shape index (κ3) is 3.93. The number of carboxylic acid groups (broad SMARTS) is 1. The van der Waals surface area contributed by atoms with Gasteiger partial charge in [-0.25, -0.2) is 0 Å². The van der Waals surface area contributed by atoms with Crippen molar-refractivity contribution in [2.24, 2.45) is 0 Å². The van der Waals surface area contributed by atoms with Gasteiger partial charge in [0.1, 0.15) is 5.38 Å². The molecular weight excluding hydrogens is 228 g/mol. The molecule has 0 aliphatic heterocycles. The van der Waals surface area contributed by atoms with Crippen LogP contribution in [0.2, 0.25) is 6.04 Å². The molecule has 0 fully saturated rings. The summed E-state index contributed by atoms with van der Waals surface area (Å²) in [7, 11) is 1.75. The maximum atomic E-state index is 10.4. The van der Waals surface area contributed by atoms with Gasteiger partial charge in [0.05, 0.1) is 0 Å². The Morgan fingerprint density at radius 2 is 1.79 bits per heavy atom. The molecule has 7 heteroatoms. The maximum Gasteiger partial charge on any atom is 0.500 e. The van der Waals surface area contributed by atoms with Gasteiger partial charge >= 0.3 is 14.8 Å². The van der Waals surface area contributed by atoms with Crippen molar-refractivity contribution in [1.82, 2.24) is 0 Å². The van der Waals surface area contributed by atoms with Gasteiger partial charge < -0.3 is 18.4 Å². The van der Waals surface area contributed by atoms with Crippen molar-refractivity contribution in [2.45, 2.75) is 17.8 Å². The SMILES string of the molecule is CO[Si](CCC(Cl)C(=O)O)(OC)OC. The Labute approximate surface area is 89.3 Å². The standard InChI is InChI=1S/C7H15ClO5Si/c1-11-14(12-2,13-3)5-4-6(8)7(9)10/h6H,4-5H2,1-3H3,(H,9,10). The number of halogens is 1. The molecular formula is C7H15ClO5Si. The molecule has 0 spiro atoms. The number of carbonyl (C=O) groups is 1. The normalized spacial score (nSPS) is 14.0. The van der Waals surface area contributed by atoms with E-state index in [2.05, 4.69) is 0 Å². The summed E-state index contributed by atoms with van der Waals surface area (Å²) in [5, 5.41) is 7.63. The second kappa shape index (κ2) is 6.36. The third-order valence-electron chi connectivity index (χ3n) is 1.90. The lowest BCUT2D eigenvalue weighted by Gasteiger charge is -2.24. The van der Waals surface area contributed by atoms with Crippen molar-refractivity contribution in [1.29, 1.82) is 0 Å². The summed E-state index contributed by atoms with van der Waals surface area (Å²) in [5.41, 5.74) is 0. The fourth-order valence-corrected chi connectivity index (χ4v) is 3.03. The number of alkyl halides is 1. The lowest BCUT2D eigenvalue weighted by atomic mass is 10.3. The Morgan fingerprint density at radius 3 is 2.07 bits per heavy atom. The largest absolute Gasteiger partial charge is 0.500 e. The maximum absolute atomic E-state index is 10.4. The number of carboxylic acids is 1. The van der Waals surface area contributed by atoms with Crippen LogP contribution in [0.1, 0.15) is 6.42 Å². The first-order valence-electron chi connectivity index (χ1n) is 4.03. The first kappa shape index (κ1) is 13.9. The van der Waals surface area contributed by atoms with E-state index in [0.29, 0.717) is 6.04 Å². The summed E-state index contributed by atoms with van der Waals surface area (Å²) in [6.45, 7) is 0. The monoisotopic (exact) mass is 242 g/mol. The Bertz CT molecular complexity index is 177. The lowest BCUT2D eigenvalue weighted by Crippen LogP contribution is -2.43. The molecule has 0 heterocycles. The zero-order chi connectivity index (χ0) is 11.2. The Hall–Kier alpha value is -0.143. The molecule has 5 nitrogen and oxygen atoms in total. The van der Waals surface area contributed by atoms with Gasteiger partial charge in [-0.3, -0.25) is 4.79 Å². The van der Waals surface area contributed by atoms with Gasteiger partial charge in [0.25, 0.3) is 0 Å². The van der Waals surface area contributed by atoms with Crippen LogP contribution in [0.4, 0.5) is 0 Å². The van der Waals surface area contributed by atoms with Crippen LogP contribution in [0.15, 0.2) is 0 Å². The average molecular weight is 243 g/mol. The Balaban J connectivity index is 4.12. The van der Waals surface area contributed by atoms with Crippen LogP contribution in [-0.4, -0.2) is 46.6 Å². The predicted molar refractivity (Wildman–Crippen MR) is 53.5 cm³/mol. The first-order valence-corrected chi connectivity index (χ1v) is 6.40. The molecule has 1 atom stereocenters. The van der Waals surface area contributed by atoms with Crippen molar-refractivity contribution in [2.75, 3.05) is 21.3 Å². The van der Waals surface area contributed by atoms with Gasteiger partial charge in [-0.05, 0) is 6.42 Å². The fourth-order valence-electron chi connectivity index (χ4n) is 0.983. The van der Waals surface area contributed by atoms with Crippen LogP contribution in [-0.2, 0) is 18.1 Å². The van der Waals surface area contributed by atoms with Crippen LogP contribution < -0.4 is 0 Å². The third-order valence-corrected chi connectivity index (χ3v) is 5.08. The number of aliphatic carboxylic acids is 1. The van der Waals surface area contributed by atoms with Crippen LogP contribution in [0.5, 0.6) is 0 Å². The van der Waals surface area contributed by atoms with E-state index in [1.165, 1.54) is 21.3 Å². The molecule has 14 heavy (non-hydrogen) atoms. The molecule has 0 amide bonds. The summed E-state index contributed by atoms with van der Waals surface area (Å²) in [6.07, 6.45) is 0.263. The molecule has 0 bridgehead atoms. The highest BCUT2D eigenvalue weighted by Crippen LogP contribution is 2.18. The molecule has 0 saturated heterocycles. The molecule has 1 unspecified atom stereocenters. The van der Waals surface area contributed by atoms with Crippen molar-refractivity contribution in [3.05, 3.63) is 0 Å². The molecule has 0 aliphatic rings. The van der Waals surface area contributed by atoms with Crippen LogP contribution in [0.3, 0.4) is 0 Å². The van der Waals surface area contributed by atoms with Crippen LogP contribution >= 0.6 is 11.6 Å². The van der Waals surface area contributed by atoms with Crippen molar-refractivity contribution in [3.8, 4) is 0 Å². The molecule has 84 valence electrons. The second-order valence-electron chi connectivity index (χ2n) is 2.64.